The standard InChI is InChI=1S/C14H18N4/c1-7(2)18-10(5)17-13-8(3)11-12(16-6-15-11)9(4)14(13)18/h6-7H,1-5H3,(H,15,16). The number of hydrogen-bond acceptors (Lipinski definition) is 2. The van der Waals surface area contributed by atoms with E-state index in [1.165, 1.54) is 11.1 Å². The van der Waals surface area contributed by atoms with Gasteiger partial charge in [0.1, 0.15) is 5.82 Å². The first-order valence-corrected chi connectivity index (χ1v) is 6.33. The average molecular weight is 242 g/mol. The van der Waals surface area contributed by atoms with E-state index in [-0.39, 0.29) is 0 Å². The molecule has 0 atom stereocenters. The van der Waals surface area contributed by atoms with Gasteiger partial charge in [-0.05, 0) is 34.6 Å². The molecular formula is C14H18N4. The van der Waals surface area contributed by atoms with Gasteiger partial charge >= 0.3 is 0 Å². The van der Waals surface area contributed by atoms with Crippen LogP contribution in [0, 0.1) is 20.8 Å². The molecule has 0 bridgehead atoms. The van der Waals surface area contributed by atoms with E-state index in [2.05, 4.69) is 49.2 Å². The second-order valence-corrected chi connectivity index (χ2v) is 5.20. The monoisotopic (exact) mass is 242 g/mol. The van der Waals surface area contributed by atoms with Crippen LogP contribution in [0.3, 0.4) is 0 Å². The van der Waals surface area contributed by atoms with Crippen LogP contribution in [0.4, 0.5) is 0 Å². The van der Waals surface area contributed by atoms with Crippen molar-refractivity contribution in [1.29, 1.82) is 0 Å². The van der Waals surface area contributed by atoms with E-state index in [0.29, 0.717) is 6.04 Å². The first-order valence-electron chi connectivity index (χ1n) is 6.33. The molecule has 0 amide bonds. The Hall–Kier alpha value is -1.84. The lowest BCUT2D eigenvalue weighted by atomic mass is 10.1. The number of rotatable bonds is 1. The van der Waals surface area contributed by atoms with Crippen LogP contribution in [-0.2, 0) is 0 Å². The highest BCUT2D eigenvalue weighted by molar-refractivity contribution is 5.99. The van der Waals surface area contributed by atoms with Gasteiger partial charge in [0.25, 0.3) is 0 Å². The van der Waals surface area contributed by atoms with Crippen molar-refractivity contribution in [1.82, 2.24) is 19.5 Å². The zero-order valence-corrected chi connectivity index (χ0v) is 11.5. The fourth-order valence-corrected chi connectivity index (χ4v) is 2.89. The molecule has 94 valence electrons. The van der Waals surface area contributed by atoms with Crippen molar-refractivity contribution in [3.8, 4) is 0 Å². The predicted octanol–water partition coefficient (Wildman–Crippen LogP) is 3.42. The van der Waals surface area contributed by atoms with E-state index in [0.717, 1.165) is 27.9 Å². The Kier molecular flexibility index (Phi) is 2.24. The highest BCUT2D eigenvalue weighted by atomic mass is 15.1. The van der Waals surface area contributed by atoms with Crippen molar-refractivity contribution in [3.63, 3.8) is 0 Å². The van der Waals surface area contributed by atoms with Gasteiger partial charge in [-0.3, -0.25) is 0 Å². The highest BCUT2D eigenvalue weighted by Gasteiger charge is 2.18. The van der Waals surface area contributed by atoms with E-state index in [1.54, 1.807) is 6.33 Å². The lowest BCUT2D eigenvalue weighted by molar-refractivity contribution is 0.599. The first-order chi connectivity index (χ1) is 8.52. The van der Waals surface area contributed by atoms with Gasteiger partial charge in [-0.1, -0.05) is 0 Å². The maximum absolute atomic E-state index is 4.73. The van der Waals surface area contributed by atoms with Crippen LogP contribution in [0.2, 0.25) is 0 Å². The summed E-state index contributed by atoms with van der Waals surface area (Å²) < 4.78 is 2.30. The van der Waals surface area contributed by atoms with E-state index < -0.39 is 0 Å². The largest absolute Gasteiger partial charge is 0.344 e. The maximum Gasteiger partial charge on any atom is 0.106 e. The van der Waals surface area contributed by atoms with Crippen molar-refractivity contribution in [2.75, 3.05) is 0 Å². The van der Waals surface area contributed by atoms with Gasteiger partial charge in [0.15, 0.2) is 0 Å². The molecule has 4 nitrogen and oxygen atoms in total. The maximum atomic E-state index is 4.73. The van der Waals surface area contributed by atoms with Crippen LogP contribution in [-0.4, -0.2) is 19.5 Å². The number of hydrogen-bond donors (Lipinski definition) is 1. The third-order valence-electron chi connectivity index (χ3n) is 3.68. The second-order valence-electron chi connectivity index (χ2n) is 5.20. The first kappa shape index (κ1) is 11.3. The van der Waals surface area contributed by atoms with Crippen molar-refractivity contribution in [3.05, 3.63) is 23.3 Å². The van der Waals surface area contributed by atoms with Gasteiger partial charge in [-0.2, -0.15) is 0 Å². The molecule has 0 spiro atoms. The van der Waals surface area contributed by atoms with Gasteiger partial charge < -0.3 is 9.55 Å². The summed E-state index contributed by atoms with van der Waals surface area (Å²) in [6, 6.07) is 0.411. The second kappa shape index (κ2) is 3.57. The minimum Gasteiger partial charge on any atom is -0.344 e. The summed E-state index contributed by atoms with van der Waals surface area (Å²) in [5, 5.41) is 0. The Morgan fingerprint density at radius 3 is 2.50 bits per heavy atom. The minimum absolute atomic E-state index is 0.411. The summed E-state index contributed by atoms with van der Waals surface area (Å²) in [6.45, 7) is 10.7. The number of aromatic nitrogens is 4. The van der Waals surface area contributed by atoms with Gasteiger partial charge in [-0.15, -0.1) is 0 Å². The van der Waals surface area contributed by atoms with Crippen molar-refractivity contribution < 1.29 is 0 Å². The zero-order valence-electron chi connectivity index (χ0n) is 11.5. The summed E-state index contributed by atoms with van der Waals surface area (Å²) in [5.74, 6) is 1.07. The third kappa shape index (κ3) is 1.26. The predicted molar refractivity (Wildman–Crippen MR) is 74.0 cm³/mol. The fourth-order valence-electron chi connectivity index (χ4n) is 2.89. The Morgan fingerprint density at radius 2 is 1.83 bits per heavy atom. The van der Waals surface area contributed by atoms with Crippen LogP contribution in [0.15, 0.2) is 6.33 Å². The Morgan fingerprint density at radius 1 is 1.11 bits per heavy atom. The molecule has 1 N–H and O–H groups in total. The molecule has 0 aliphatic heterocycles. The lowest BCUT2D eigenvalue weighted by Crippen LogP contribution is -2.04. The minimum atomic E-state index is 0.411. The normalized spacial score (nSPS) is 12.1. The van der Waals surface area contributed by atoms with Crippen molar-refractivity contribution in [2.24, 2.45) is 0 Å². The number of nitrogens with zero attached hydrogens (tertiary/aromatic N) is 3. The lowest BCUT2D eigenvalue weighted by Gasteiger charge is -2.13. The van der Waals surface area contributed by atoms with E-state index >= 15 is 0 Å². The Balaban J connectivity index is 2.60. The van der Waals surface area contributed by atoms with Gasteiger partial charge in [0, 0.05) is 17.2 Å². The number of benzene rings is 1. The summed E-state index contributed by atoms with van der Waals surface area (Å²) in [7, 11) is 0. The average Bonchev–Trinajstić information content (AvgIpc) is 2.89. The highest BCUT2D eigenvalue weighted by Crippen LogP contribution is 2.32. The van der Waals surface area contributed by atoms with E-state index in [9.17, 15) is 0 Å². The molecule has 3 aromatic rings. The van der Waals surface area contributed by atoms with Gasteiger partial charge in [-0.25, -0.2) is 9.97 Å². The molecule has 0 aliphatic rings. The molecule has 0 saturated carbocycles. The summed E-state index contributed by atoms with van der Waals surface area (Å²) in [5.41, 5.74) is 6.87. The van der Waals surface area contributed by atoms with E-state index in [1.807, 2.05) is 0 Å². The van der Waals surface area contributed by atoms with Crippen LogP contribution < -0.4 is 0 Å². The summed E-state index contributed by atoms with van der Waals surface area (Å²) in [6.07, 6.45) is 1.76. The number of aromatic amines is 1. The Bertz CT molecular complexity index is 746. The molecule has 1 aromatic carbocycles. The van der Waals surface area contributed by atoms with Crippen LogP contribution in [0.5, 0.6) is 0 Å². The molecule has 18 heavy (non-hydrogen) atoms. The number of H-pyrrole nitrogens is 1. The smallest absolute Gasteiger partial charge is 0.106 e. The molecule has 0 fully saturated rings. The fraction of sp³-hybridized carbons (Fsp3) is 0.429. The summed E-state index contributed by atoms with van der Waals surface area (Å²) in [4.78, 5) is 12.4. The van der Waals surface area contributed by atoms with Crippen LogP contribution in [0.25, 0.3) is 22.1 Å². The van der Waals surface area contributed by atoms with Gasteiger partial charge in [0.05, 0.1) is 28.4 Å². The molecule has 3 rings (SSSR count). The van der Waals surface area contributed by atoms with Crippen molar-refractivity contribution >= 4 is 22.1 Å². The molecule has 0 unspecified atom stereocenters. The molecular weight excluding hydrogens is 224 g/mol. The molecule has 0 saturated heterocycles. The topological polar surface area (TPSA) is 46.5 Å². The molecule has 4 heteroatoms. The Labute approximate surface area is 106 Å². The zero-order chi connectivity index (χ0) is 13.0. The third-order valence-corrected chi connectivity index (χ3v) is 3.68. The number of fused-ring (bicyclic) bond motifs is 2. The SMILES string of the molecule is Cc1c2nc[nH]c2c(C)c2c1nc(C)n2C(C)C. The molecule has 2 aromatic heterocycles. The number of aryl methyl sites for hydroxylation is 3. The molecule has 0 radical (unpaired) electrons. The quantitative estimate of drug-likeness (QED) is 0.710. The van der Waals surface area contributed by atoms with Gasteiger partial charge in [0.2, 0.25) is 0 Å². The van der Waals surface area contributed by atoms with Crippen molar-refractivity contribution in [2.45, 2.75) is 40.7 Å². The summed E-state index contributed by atoms with van der Waals surface area (Å²) >= 11 is 0. The van der Waals surface area contributed by atoms with E-state index in [4.69, 9.17) is 4.98 Å². The molecule has 2 heterocycles. The van der Waals surface area contributed by atoms with Crippen LogP contribution >= 0.6 is 0 Å². The number of nitrogens with one attached hydrogen (secondary N) is 1. The molecule has 0 aliphatic carbocycles. The number of imidazole rings is 2. The van der Waals surface area contributed by atoms with Crippen LogP contribution in [0.1, 0.15) is 36.8 Å².